The van der Waals surface area contributed by atoms with Crippen LogP contribution in [0.15, 0.2) is 42.5 Å². The predicted octanol–water partition coefficient (Wildman–Crippen LogP) is 4.94. The third-order valence-electron chi connectivity index (χ3n) is 2.28. The van der Waals surface area contributed by atoms with Crippen molar-refractivity contribution in [1.29, 1.82) is 0 Å². The molecule has 0 atom stereocenters. The van der Waals surface area contributed by atoms with Crippen LogP contribution in [-0.2, 0) is 0 Å². The molecule has 2 rings (SSSR count). The zero-order chi connectivity index (χ0) is 13.8. The molecule has 0 aliphatic carbocycles. The van der Waals surface area contributed by atoms with Gasteiger partial charge in [0.15, 0.2) is 5.11 Å². The molecule has 2 N–H and O–H groups in total. The molecule has 2 nitrogen and oxygen atoms in total. The first-order valence-electron chi connectivity index (χ1n) is 5.33. The van der Waals surface area contributed by atoms with Crippen LogP contribution in [0.2, 0.25) is 10.0 Å². The Morgan fingerprint density at radius 1 is 0.947 bits per heavy atom. The lowest BCUT2D eigenvalue weighted by molar-refractivity contribution is 0.628. The standard InChI is InChI=1S/C13H9Cl2FN2S/c14-8-1-3-9(4-2-8)17-13(19)18-10-5-6-12(16)11(15)7-10/h1-7H,(H2,17,18,19). The summed E-state index contributed by atoms with van der Waals surface area (Å²) in [6.07, 6.45) is 0. The van der Waals surface area contributed by atoms with E-state index < -0.39 is 5.82 Å². The molecular formula is C13H9Cl2FN2S. The van der Waals surface area contributed by atoms with Gasteiger partial charge in [0, 0.05) is 16.4 Å². The van der Waals surface area contributed by atoms with Gasteiger partial charge >= 0.3 is 0 Å². The highest BCUT2D eigenvalue weighted by Crippen LogP contribution is 2.20. The molecule has 0 aliphatic rings. The lowest BCUT2D eigenvalue weighted by atomic mass is 10.3. The highest BCUT2D eigenvalue weighted by atomic mass is 35.5. The summed E-state index contributed by atoms with van der Waals surface area (Å²) >= 11 is 16.6. The summed E-state index contributed by atoms with van der Waals surface area (Å²) in [6, 6.07) is 11.4. The molecule has 2 aromatic rings. The number of anilines is 2. The summed E-state index contributed by atoms with van der Waals surface area (Å²) in [4.78, 5) is 0. The lowest BCUT2D eigenvalue weighted by Crippen LogP contribution is -2.18. The molecule has 0 saturated carbocycles. The van der Waals surface area contributed by atoms with Gasteiger partial charge < -0.3 is 10.6 Å². The molecule has 0 heterocycles. The summed E-state index contributed by atoms with van der Waals surface area (Å²) in [5, 5.41) is 6.95. The molecular weight excluding hydrogens is 306 g/mol. The van der Waals surface area contributed by atoms with E-state index in [1.54, 1.807) is 30.3 Å². The Kier molecular flexibility index (Phi) is 4.58. The molecule has 0 radical (unpaired) electrons. The molecule has 0 saturated heterocycles. The molecule has 2 aromatic carbocycles. The van der Waals surface area contributed by atoms with Crippen LogP contribution in [0.25, 0.3) is 0 Å². The van der Waals surface area contributed by atoms with Gasteiger partial charge in [-0.05, 0) is 54.7 Å². The van der Waals surface area contributed by atoms with Crippen molar-refractivity contribution in [2.45, 2.75) is 0 Å². The summed E-state index contributed by atoms with van der Waals surface area (Å²) in [7, 11) is 0. The van der Waals surface area contributed by atoms with Crippen LogP contribution in [0, 0.1) is 5.82 Å². The second-order valence-electron chi connectivity index (χ2n) is 3.71. The Bertz CT molecular complexity index is 602. The van der Waals surface area contributed by atoms with Crippen LogP contribution in [0.5, 0.6) is 0 Å². The SMILES string of the molecule is Fc1ccc(NC(=S)Nc2ccc(Cl)cc2)cc1Cl. The molecule has 0 aromatic heterocycles. The van der Waals surface area contributed by atoms with E-state index in [0.717, 1.165) is 5.69 Å². The maximum absolute atomic E-state index is 13.0. The summed E-state index contributed by atoms with van der Waals surface area (Å²) in [6.45, 7) is 0. The van der Waals surface area contributed by atoms with Crippen LogP contribution >= 0.6 is 35.4 Å². The molecule has 0 fully saturated rings. The first-order chi connectivity index (χ1) is 9.04. The van der Waals surface area contributed by atoms with Gasteiger partial charge in [-0.3, -0.25) is 0 Å². The Morgan fingerprint density at radius 3 is 2.16 bits per heavy atom. The van der Waals surface area contributed by atoms with Gasteiger partial charge in [0.2, 0.25) is 0 Å². The van der Waals surface area contributed by atoms with Crippen molar-refractivity contribution in [3.05, 3.63) is 58.3 Å². The quantitative estimate of drug-likeness (QED) is 0.768. The number of hydrogen-bond acceptors (Lipinski definition) is 1. The van der Waals surface area contributed by atoms with Gasteiger partial charge in [0.05, 0.1) is 5.02 Å². The summed E-state index contributed by atoms with van der Waals surface area (Å²) < 4.78 is 13.0. The van der Waals surface area contributed by atoms with Crippen molar-refractivity contribution in [3.63, 3.8) is 0 Å². The molecule has 0 bridgehead atoms. The molecule has 0 amide bonds. The fourth-order valence-corrected chi connectivity index (χ4v) is 1.94. The minimum atomic E-state index is -0.469. The Labute approximate surface area is 125 Å². The molecule has 0 unspecified atom stereocenters. The lowest BCUT2D eigenvalue weighted by Gasteiger charge is -2.11. The predicted molar refractivity (Wildman–Crippen MR) is 82.7 cm³/mol. The zero-order valence-corrected chi connectivity index (χ0v) is 11.9. The van der Waals surface area contributed by atoms with E-state index in [2.05, 4.69) is 10.6 Å². The average Bonchev–Trinajstić information content (AvgIpc) is 2.37. The van der Waals surface area contributed by atoms with Gasteiger partial charge in [-0.15, -0.1) is 0 Å². The van der Waals surface area contributed by atoms with E-state index in [-0.39, 0.29) is 5.02 Å². The molecule has 19 heavy (non-hydrogen) atoms. The van der Waals surface area contributed by atoms with E-state index >= 15 is 0 Å². The van der Waals surface area contributed by atoms with Gasteiger partial charge in [-0.25, -0.2) is 4.39 Å². The van der Waals surface area contributed by atoms with E-state index in [1.807, 2.05) is 0 Å². The smallest absolute Gasteiger partial charge is 0.175 e. The third-order valence-corrected chi connectivity index (χ3v) is 3.03. The van der Waals surface area contributed by atoms with Crippen LogP contribution in [-0.4, -0.2) is 5.11 Å². The fraction of sp³-hybridized carbons (Fsp3) is 0. The number of nitrogens with one attached hydrogen (secondary N) is 2. The maximum atomic E-state index is 13.0. The molecule has 0 spiro atoms. The molecule has 0 aliphatic heterocycles. The zero-order valence-electron chi connectivity index (χ0n) is 9.58. The Balaban J connectivity index is 2.01. The molecule has 98 valence electrons. The van der Waals surface area contributed by atoms with Crippen LogP contribution < -0.4 is 10.6 Å². The maximum Gasteiger partial charge on any atom is 0.175 e. The van der Waals surface area contributed by atoms with Crippen molar-refractivity contribution in [2.24, 2.45) is 0 Å². The normalized spacial score (nSPS) is 10.1. The number of hydrogen-bond donors (Lipinski definition) is 2. The first-order valence-corrected chi connectivity index (χ1v) is 6.49. The highest BCUT2D eigenvalue weighted by Gasteiger charge is 2.03. The van der Waals surface area contributed by atoms with Gasteiger partial charge in [-0.2, -0.15) is 0 Å². The van der Waals surface area contributed by atoms with E-state index in [4.69, 9.17) is 35.4 Å². The fourth-order valence-electron chi connectivity index (χ4n) is 1.40. The number of thiocarbonyl (C=S) groups is 1. The summed E-state index contributed by atoms with van der Waals surface area (Å²) in [5.74, 6) is -0.469. The monoisotopic (exact) mass is 314 g/mol. The van der Waals surface area contributed by atoms with E-state index in [9.17, 15) is 4.39 Å². The topological polar surface area (TPSA) is 24.1 Å². The minimum absolute atomic E-state index is 0.0410. The van der Waals surface area contributed by atoms with Gasteiger partial charge in [0.25, 0.3) is 0 Å². The molecule has 6 heteroatoms. The van der Waals surface area contributed by atoms with Crippen molar-refractivity contribution in [2.75, 3.05) is 10.6 Å². The van der Waals surface area contributed by atoms with Crippen molar-refractivity contribution in [1.82, 2.24) is 0 Å². The third kappa shape index (κ3) is 4.06. The Hall–Kier alpha value is -1.36. The van der Waals surface area contributed by atoms with Crippen molar-refractivity contribution in [3.8, 4) is 0 Å². The second kappa shape index (κ2) is 6.19. The second-order valence-corrected chi connectivity index (χ2v) is 4.97. The largest absolute Gasteiger partial charge is 0.332 e. The number of halogens is 3. The van der Waals surface area contributed by atoms with Crippen molar-refractivity contribution >= 4 is 51.9 Å². The van der Waals surface area contributed by atoms with Gasteiger partial charge in [0.1, 0.15) is 5.82 Å². The van der Waals surface area contributed by atoms with Gasteiger partial charge in [-0.1, -0.05) is 23.2 Å². The number of benzene rings is 2. The first kappa shape index (κ1) is 14.1. The summed E-state index contributed by atoms with van der Waals surface area (Å²) in [5.41, 5.74) is 1.41. The van der Waals surface area contributed by atoms with Crippen LogP contribution in [0.3, 0.4) is 0 Å². The number of rotatable bonds is 2. The van der Waals surface area contributed by atoms with Crippen LogP contribution in [0.4, 0.5) is 15.8 Å². The van der Waals surface area contributed by atoms with Crippen molar-refractivity contribution < 1.29 is 4.39 Å². The highest BCUT2D eigenvalue weighted by molar-refractivity contribution is 7.80. The minimum Gasteiger partial charge on any atom is -0.332 e. The Morgan fingerprint density at radius 2 is 1.53 bits per heavy atom. The van der Waals surface area contributed by atoms with Crippen LogP contribution in [0.1, 0.15) is 0 Å². The van der Waals surface area contributed by atoms with E-state index in [1.165, 1.54) is 12.1 Å². The van der Waals surface area contributed by atoms with E-state index in [0.29, 0.717) is 15.8 Å². The average molecular weight is 315 g/mol.